The van der Waals surface area contributed by atoms with Gasteiger partial charge in [-0.05, 0) is 66.8 Å². The van der Waals surface area contributed by atoms with Gasteiger partial charge in [0.15, 0.2) is 5.65 Å². The molecule has 1 fully saturated rings. The Morgan fingerprint density at radius 2 is 1.68 bits per heavy atom. The molecule has 2 aromatic heterocycles. The Bertz CT molecular complexity index is 1430. The molecule has 1 saturated carbocycles. The molecule has 2 aromatic carbocycles. The summed E-state index contributed by atoms with van der Waals surface area (Å²) in [5.74, 6) is 0.433. The lowest BCUT2D eigenvalue weighted by Gasteiger charge is -2.17. The summed E-state index contributed by atoms with van der Waals surface area (Å²) in [5, 5.41) is 0.805. The lowest BCUT2D eigenvalue weighted by atomic mass is 9.96. The van der Waals surface area contributed by atoms with Crippen LogP contribution >= 0.6 is 0 Å². The molecule has 34 heavy (non-hydrogen) atoms. The Kier molecular flexibility index (Phi) is 6.00. The van der Waals surface area contributed by atoms with E-state index in [2.05, 4.69) is 40.2 Å². The van der Waals surface area contributed by atoms with E-state index >= 15 is 0 Å². The van der Waals surface area contributed by atoms with E-state index in [-0.39, 0.29) is 4.90 Å². The van der Waals surface area contributed by atoms with Crippen molar-refractivity contribution in [1.29, 1.82) is 0 Å². The summed E-state index contributed by atoms with van der Waals surface area (Å²) in [5.41, 5.74) is 4.15. The van der Waals surface area contributed by atoms with Gasteiger partial charge in [-0.25, -0.2) is 17.4 Å². The van der Waals surface area contributed by atoms with Crippen LogP contribution in [0.4, 0.5) is 5.69 Å². The molecule has 1 aliphatic carbocycles. The van der Waals surface area contributed by atoms with Gasteiger partial charge in [-0.3, -0.25) is 0 Å². The fourth-order valence-corrected chi connectivity index (χ4v) is 6.27. The number of benzene rings is 2. The number of hydrogen-bond acceptors (Lipinski definition) is 4. The van der Waals surface area contributed by atoms with Crippen LogP contribution in [0.15, 0.2) is 90.0 Å². The fourth-order valence-electron chi connectivity index (χ4n) is 4.77. The Morgan fingerprint density at radius 3 is 2.35 bits per heavy atom. The van der Waals surface area contributed by atoms with E-state index in [1.807, 2.05) is 38.4 Å². The second-order valence-corrected chi connectivity index (χ2v) is 10.9. The summed E-state index contributed by atoms with van der Waals surface area (Å²) in [4.78, 5) is 6.80. The number of allylic oxidation sites excluding steroid dienone is 1. The van der Waals surface area contributed by atoms with Gasteiger partial charge in [0.1, 0.15) is 0 Å². The number of hydrogen-bond donors (Lipinski definition) is 0. The van der Waals surface area contributed by atoms with Crippen molar-refractivity contribution in [2.45, 2.75) is 30.6 Å². The predicted molar refractivity (Wildman–Crippen MR) is 139 cm³/mol. The minimum atomic E-state index is -3.86. The Hall–Kier alpha value is -3.38. The van der Waals surface area contributed by atoms with Gasteiger partial charge < -0.3 is 4.90 Å². The molecular formula is C28H29N3O2S. The lowest BCUT2D eigenvalue weighted by molar-refractivity contribution is 0.588. The third-order valence-electron chi connectivity index (χ3n) is 6.57. The van der Waals surface area contributed by atoms with Crippen LogP contribution in [0.25, 0.3) is 16.6 Å². The first-order valence-electron chi connectivity index (χ1n) is 11.7. The SMILES string of the molecule is CN(C)c1ccc(C(=CC2CCCC2)c2cc3cccnc3n2S(=O)(=O)c2ccccc2)cc1. The highest BCUT2D eigenvalue weighted by molar-refractivity contribution is 7.90. The molecule has 0 aliphatic heterocycles. The molecule has 174 valence electrons. The smallest absolute Gasteiger partial charge is 0.269 e. The second-order valence-electron chi connectivity index (χ2n) is 9.09. The maximum absolute atomic E-state index is 13.9. The fraction of sp³-hybridized carbons (Fsp3) is 0.250. The zero-order valence-corrected chi connectivity index (χ0v) is 20.4. The first-order chi connectivity index (χ1) is 16.4. The van der Waals surface area contributed by atoms with E-state index in [9.17, 15) is 8.42 Å². The standard InChI is InChI=1S/C28H29N3O2S/c1-30(2)24-16-14-22(15-17-24)26(19-21-9-6-7-10-21)27-20-23-11-8-18-29-28(23)31(27)34(32,33)25-12-4-3-5-13-25/h3-5,8,11-21H,6-7,9-10H2,1-2H3. The molecule has 2 heterocycles. The molecule has 0 spiro atoms. The minimum Gasteiger partial charge on any atom is -0.378 e. The third kappa shape index (κ3) is 4.14. The van der Waals surface area contributed by atoms with E-state index in [1.165, 1.54) is 16.8 Å². The normalized spacial score (nSPS) is 15.2. The van der Waals surface area contributed by atoms with Crippen LogP contribution < -0.4 is 4.90 Å². The Morgan fingerprint density at radius 1 is 0.971 bits per heavy atom. The molecule has 0 radical (unpaired) electrons. The monoisotopic (exact) mass is 471 g/mol. The molecule has 0 amide bonds. The number of fused-ring (bicyclic) bond motifs is 1. The van der Waals surface area contributed by atoms with Crippen molar-refractivity contribution < 1.29 is 8.42 Å². The Balaban J connectivity index is 1.76. The largest absolute Gasteiger partial charge is 0.378 e. The second kappa shape index (κ2) is 9.11. The van der Waals surface area contributed by atoms with Crippen LogP contribution in [-0.2, 0) is 10.0 Å². The minimum absolute atomic E-state index is 0.252. The molecule has 5 rings (SSSR count). The highest BCUT2D eigenvalue weighted by Crippen LogP contribution is 2.36. The van der Waals surface area contributed by atoms with Crippen LogP contribution in [0.1, 0.15) is 36.9 Å². The van der Waals surface area contributed by atoms with Crippen molar-refractivity contribution in [2.75, 3.05) is 19.0 Å². The summed E-state index contributed by atoms with van der Waals surface area (Å²) < 4.78 is 29.3. The maximum Gasteiger partial charge on any atom is 0.269 e. The molecule has 0 bridgehead atoms. The first-order valence-corrected chi connectivity index (χ1v) is 13.2. The van der Waals surface area contributed by atoms with E-state index in [4.69, 9.17) is 0 Å². The average Bonchev–Trinajstić information content (AvgIpc) is 3.51. The van der Waals surface area contributed by atoms with Crippen molar-refractivity contribution in [1.82, 2.24) is 8.96 Å². The van der Waals surface area contributed by atoms with Crippen LogP contribution in [0.2, 0.25) is 0 Å². The summed E-state index contributed by atoms with van der Waals surface area (Å²) in [7, 11) is 0.172. The zero-order chi connectivity index (χ0) is 23.7. The van der Waals surface area contributed by atoms with Crippen LogP contribution in [0, 0.1) is 5.92 Å². The van der Waals surface area contributed by atoms with Gasteiger partial charge in [0.25, 0.3) is 10.0 Å². The van der Waals surface area contributed by atoms with Gasteiger partial charge in [-0.15, -0.1) is 0 Å². The Labute approximate surface area is 201 Å². The van der Waals surface area contributed by atoms with Gasteiger partial charge in [0.2, 0.25) is 0 Å². The van der Waals surface area contributed by atoms with Gasteiger partial charge in [-0.2, -0.15) is 0 Å². The number of aromatic nitrogens is 2. The first kappa shape index (κ1) is 22.4. The predicted octanol–water partition coefficient (Wildman–Crippen LogP) is 5.96. The molecule has 0 saturated heterocycles. The summed E-state index contributed by atoms with van der Waals surface area (Å²) >= 11 is 0. The molecule has 4 aromatic rings. The zero-order valence-electron chi connectivity index (χ0n) is 19.6. The maximum atomic E-state index is 13.9. The third-order valence-corrected chi connectivity index (χ3v) is 8.29. The van der Waals surface area contributed by atoms with E-state index in [1.54, 1.807) is 30.5 Å². The summed E-state index contributed by atoms with van der Waals surface area (Å²) in [6, 6.07) is 22.7. The molecule has 0 N–H and O–H groups in total. The summed E-state index contributed by atoms with van der Waals surface area (Å²) in [6.45, 7) is 0. The molecular weight excluding hydrogens is 442 g/mol. The van der Waals surface area contributed by atoms with Gasteiger partial charge in [0, 0.05) is 36.9 Å². The average molecular weight is 472 g/mol. The van der Waals surface area contributed by atoms with Gasteiger partial charge >= 0.3 is 0 Å². The van der Waals surface area contributed by atoms with Crippen molar-refractivity contribution in [3.63, 3.8) is 0 Å². The lowest BCUT2D eigenvalue weighted by Crippen LogP contribution is -2.16. The van der Waals surface area contributed by atoms with E-state index in [0.29, 0.717) is 17.3 Å². The van der Waals surface area contributed by atoms with Gasteiger partial charge in [0.05, 0.1) is 10.6 Å². The van der Waals surface area contributed by atoms with Crippen molar-refractivity contribution in [3.05, 3.63) is 96.3 Å². The molecule has 0 atom stereocenters. The highest BCUT2D eigenvalue weighted by Gasteiger charge is 2.27. The topological polar surface area (TPSA) is 55.2 Å². The number of pyridine rings is 1. The number of rotatable bonds is 6. The molecule has 5 nitrogen and oxygen atoms in total. The van der Waals surface area contributed by atoms with Crippen molar-refractivity contribution in [2.24, 2.45) is 5.92 Å². The number of nitrogens with zero attached hydrogens (tertiary/aromatic N) is 3. The highest BCUT2D eigenvalue weighted by atomic mass is 32.2. The summed E-state index contributed by atoms with van der Waals surface area (Å²) in [6.07, 6.45) is 8.60. The molecule has 1 aliphatic rings. The number of anilines is 1. The molecule has 6 heteroatoms. The van der Waals surface area contributed by atoms with E-state index < -0.39 is 10.0 Å². The van der Waals surface area contributed by atoms with Gasteiger partial charge in [-0.1, -0.05) is 49.2 Å². The van der Waals surface area contributed by atoms with E-state index in [0.717, 1.165) is 35.1 Å². The van der Waals surface area contributed by atoms with Crippen LogP contribution in [-0.4, -0.2) is 31.5 Å². The van der Waals surface area contributed by atoms with Crippen LogP contribution in [0.3, 0.4) is 0 Å². The quantitative estimate of drug-likeness (QED) is 0.348. The van der Waals surface area contributed by atoms with Crippen molar-refractivity contribution in [3.8, 4) is 0 Å². The van der Waals surface area contributed by atoms with Crippen LogP contribution in [0.5, 0.6) is 0 Å². The van der Waals surface area contributed by atoms with Crippen molar-refractivity contribution >= 4 is 32.3 Å². The molecule has 0 unspecified atom stereocenters.